The van der Waals surface area contributed by atoms with E-state index >= 15 is 0 Å². The van der Waals surface area contributed by atoms with Gasteiger partial charge in [-0.1, -0.05) is 25.1 Å². The SMILES string of the molecule is Cc1ccc2nsnc2c1.Cc1nc(CC(C)C)no1.Cc1scc2c1OCCO2. The van der Waals surface area contributed by atoms with Gasteiger partial charge in [0.1, 0.15) is 24.2 Å². The van der Waals surface area contributed by atoms with Gasteiger partial charge in [-0.15, -0.1) is 11.3 Å². The lowest BCUT2D eigenvalue weighted by Crippen LogP contribution is -2.14. The number of thiophene rings is 1. The van der Waals surface area contributed by atoms with E-state index in [2.05, 4.69) is 39.7 Å². The number of fused-ring (bicyclic) bond motifs is 2. The van der Waals surface area contributed by atoms with Crippen LogP contribution in [0.5, 0.6) is 11.5 Å². The third-order valence-corrected chi connectivity index (χ3v) is 5.47. The summed E-state index contributed by atoms with van der Waals surface area (Å²) in [6.07, 6.45) is 0.900. The van der Waals surface area contributed by atoms with Gasteiger partial charge < -0.3 is 14.0 Å². The highest BCUT2D eigenvalue weighted by atomic mass is 32.1. The maximum atomic E-state index is 5.38. The number of aryl methyl sites for hydroxylation is 3. The van der Waals surface area contributed by atoms with E-state index in [1.165, 1.54) is 22.2 Å². The third kappa shape index (κ3) is 6.24. The van der Waals surface area contributed by atoms with E-state index in [1.54, 1.807) is 18.3 Å². The van der Waals surface area contributed by atoms with Gasteiger partial charge in [-0.25, -0.2) is 0 Å². The highest BCUT2D eigenvalue weighted by Gasteiger charge is 2.14. The average molecular weight is 447 g/mol. The minimum absolute atomic E-state index is 0.594. The van der Waals surface area contributed by atoms with E-state index in [1.807, 2.05) is 30.5 Å². The Morgan fingerprint density at radius 2 is 1.80 bits per heavy atom. The fourth-order valence-corrected chi connectivity index (χ4v) is 3.91. The molecule has 3 aromatic heterocycles. The van der Waals surface area contributed by atoms with Crippen molar-refractivity contribution in [1.82, 2.24) is 18.9 Å². The molecule has 4 aromatic rings. The fourth-order valence-electron chi connectivity index (χ4n) is 2.67. The number of hydrogen-bond donors (Lipinski definition) is 0. The monoisotopic (exact) mass is 446 g/mol. The van der Waals surface area contributed by atoms with Crippen LogP contribution in [0.25, 0.3) is 11.0 Å². The largest absolute Gasteiger partial charge is 0.485 e. The van der Waals surface area contributed by atoms with Crippen molar-refractivity contribution in [3.8, 4) is 11.5 Å². The lowest BCUT2D eigenvalue weighted by atomic mass is 10.1. The maximum absolute atomic E-state index is 5.38. The summed E-state index contributed by atoms with van der Waals surface area (Å²) in [5, 5.41) is 5.76. The van der Waals surface area contributed by atoms with Gasteiger partial charge in [-0.2, -0.15) is 13.7 Å². The first-order chi connectivity index (χ1) is 14.4. The molecule has 0 bridgehead atoms. The van der Waals surface area contributed by atoms with Gasteiger partial charge in [-0.05, 0) is 37.5 Å². The third-order valence-electron chi connectivity index (χ3n) is 4.04. The summed E-state index contributed by atoms with van der Waals surface area (Å²) < 4.78 is 23.7. The molecule has 5 rings (SSSR count). The van der Waals surface area contributed by atoms with Crippen molar-refractivity contribution in [1.29, 1.82) is 0 Å². The molecule has 1 aliphatic heterocycles. The van der Waals surface area contributed by atoms with Crippen molar-refractivity contribution < 1.29 is 14.0 Å². The molecule has 0 spiro atoms. The van der Waals surface area contributed by atoms with Crippen LogP contribution in [0.1, 0.15) is 36.0 Å². The van der Waals surface area contributed by atoms with E-state index < -0.39 is 0 Å². The summed E-state index contributed by atoms with van der Waals surface area (Å²) in [5.74, 6) is 3.91. The lowest BCUT2D eigenvalue weighted by molar-refractivity contribution is 0.172. The van der Waals surface area contributed by atoms with Crippen LogP contribution >= 0.6 is 23.1 Å². The number of aromatic nitrogens is 4. The van der Waals surface area contributed by atoms with Gasteiger partial charge in [0, 0.05) is 23.6 Å². The van der Waals surface area contributed by atoms with E-state index in [0.29, 0.717) is 25.0 Å². The minimum Gasteiger partial charge on any atom is -0.485 e. The predicted octanol–water partition coefficient (Wildman–Crippen LogP) is 5.40. The van der Waals surface area contributed by atoms with Gasteiger partial charge in [-0.3, -0.25) is 0 Å². The molecule has 1 aromatic carbocycles. The van der Waals surface area contributed by atoms with Crippen LogP contribution in [0.2, 0.25) is 0 Å². The second-order valence-corrected chi connectivity index (χ2v) is 8.88. The molecule has 9 heteroatoms. The quantitative estimate of drug-likeness (QED) is 0.407. The molecule has 0 fully saturated rings. The number of benzene rings is 1. The Kier molecular flexibility index (Phi) is 7.75. The van der Waals surface area contributed by atoms with Crippen LogP contribution in [0, 0.1) is 26.7 Å². The molecular weight excluding hydrogens is 420 g/mol. The van der Waals surface area contributed by atoms with Crippen molar-refractivity contribution in [3.05, 3.63) is 45.7 Å². The molecule has 1 aliphatic rings. The van der Waals surface area contributed by atoms with E-state index in [4.69, 9.17) is 14.0 Å². The number of hydrogen-bond acceptors (Lipinski definition) is 9. The van der Waals surface area contributed by atoms with Crippen molar-refractivity contribution in [3.63, 3.8) is 0 Å². The van der Waals surface area contributed by atoms with Crippen LogP contribution in [0.3, 0.4) is 0 Å². The molecule has 0 atom stereocenters. The van der Waals surface area contributed by atoms with Crippen LogP contribution < -0.4 is 9.47 Å². The van der Waals surface area contributed by atoms with Gasteiger partial charge in [0.2, 0.25) is 5.89 Å². The van der Waals surface area contributed by atoms with Gasteiger partial charge in [0.15, 0.2) is 17.3 Å². The summed E-state index contributed by atoms with van der Waals surface area (Å²) in [5.41, 5.74) is 3.24. The molecule has 0 N–H and O–H groups in total. The van der Waals surface area contributed by atoms with Crippen LogP contribution in [0.15, 0.2) is 28.1 Å². The summed E-state index contributed by atoms with van der Waals surface area (Å²) in [6.45, 7) is 11.5. The summed E-state index contributed by atoms with van der Waals surface area (Å²) in [7, 11) is 0. The summed E-state index contributed by atoms with van der Waals surface area (Å²) in [4.78, 5) is 5.28. The van der Waals surface area contributed by atoms with Gasteiger partial charge in [0.05, 0.1) is 11.7 Å². The van der Waals surface area contributed by atoms with Crippen LogP contribution in [-0.2, 0) is 6.42 Å². The molecule has 0 amide bonds. The molecule has 160 valence electrons. The highest BCUT2D eigenvalue weighted by molar-refractivity contribution is 7.10. The predicted molar refractivity (Wildman–Crippen MR) is 120 cm³/mol. The zero-order valence-corrected chi connectivity index (χ0v) is 19.5. The van der Waals surface area contributed by atoms with Gasteiger partial charge in [0.25, 0.3) is 0 Å². The Labute approximate surface area is 184 Å². The number of nitrogens with zero attached hydrogens (tertiary/aromatic N) is 4. The Morgan fingerprint density at radius 3 is 2.50 bits per heavy atom. The Hall–Kier alpha value is -2.52. The second-order valence-electron chi connectivity index (χ2n) is 7.27. The zero-order chi connectivity index (χ0) is 21.5. The van der Waals surface area contributed by atoms with Crippen molar-refractivity contribution in [2.45, 2.75) is 41.0 Å². The van der Waals surface area contributed by atoms with Crippen molar-refractivity contribution in [2.24, 2.45) is 5.92 Å². The molecule has 4 heterocycles. The normalized spacial score (nSPS) is 12.2. The molecule has 0 saturated carbocycles. The topological polar surface area (TPSA) is 83.2 Å². The maximum Gasteiger partial charge on any atom is 0.223 e. The van der Waals surface area contributed by atoms with E-state index in [0.717, 1.165) is 34.8 Å². The molecule has 0 aliphatic carbocycles. The Balaban J connectivity index is 0.000000128. The first kappa shape index (κ1) is 22.2. The minimum atomic E-state index is 0.594. The first-order valence-electron chi connectivity index (χ1n) is 9.74. The number of rotatable bonds is 2. The first-order valence-corrected chi connectivity index (χ1v) is 11.3. The Morgan fingerprint density at radius 1 is 1.03 bits per heavy atom. The van der Waals surface area contributed by atoms with Gasteiger partial charge >= 0.3 is 0 Å². The van der Waals surface area contributed by atoms with Crippen molar-refractivity contribution in [2.75, 3.05) is 13.2 Å². The highest BCUT2D eigenvalue weighted by Crippen LogP contribution is 2.38. The van der Waals surface area contributed by atoms with E-state index in [9.17, 15) is 0 Å². The smallest absolute Gasteiger partial charge is 0.223 e. The second kappa shape index (κ2) is 10.5. The molecular formula is C21H26N4O3S2. The van der Waals surface area contributed by atoms with Crippen LogP contribution in [0.4, 0.5) is 0 Å². The standard InChI is InChI=1S/C7H12N2O.C7H6N2S.C7H8O2S/c1-5(2)4-7-8-6(3)10-9-7;1-5-2-3-6-7(4-5)9-10-8-6;1-5-7-6(4-10-5)8-2-3-9-7/h5H,4H2,1-3H3;2-4H,1H3;4H,2-3H2,1H3. The molecule has 0 saturated heterocycles. The van der Waals surface area contributed by atoms with Crippen molar-refractivity contribution >= 4 is 34.1 Å². The summed E-state index contributed by atoms with van der Waals surface area (Å²) >= 11 is 2.93. The molecule has 30 heavy (non-hydrogen) atoms. The van der Waals surface area contributed by atoms with E-state index in [-0.39, 0.29) is 0 Å². The molecule has 0 radical (unpaired) electrons. The van der Waals surface area contributed by atoms with Crippen LogP contribution in [-0.4, -0.2) is 32.1 Å². The molecule has 7 nitrogen and oxygen atoms in total. The average Bonchev–Trinajstić information content (AvgIpc) is 3.43. The fraction of sp³-hybridized carbons (Fsp3) is 0.429. The summed E-state index contributed by atoms with van der Waals surface area (Å²) in [6, 6.07) is 6.08. The number of ether oxygens (including phenoxy) is 2. The zero-order valence-electron chi connectivity index (χ0n) is 17.8. The lowest BCUT2D eigenvalue weighted by Gasteiger charge is -2.14. The molecule has 0 unspecified atom stereocenters. The Bertz CT molecular complexity index is 1070.